The lowest BCUT2D eigenvalue weighted by Gasteiger charge is -2.19. The molecule has 1 fully saturated rings. The SMILES string of the molecule is CCCCCN1CCCC1C=O. The second-order valence-electron chi connectivity index (χ2n) is 3.59. The summed E-state index contributed by atoms with van der Waals surface area (Å²) in [6.45, 7) is 4.46. The van der Waals surface area contributed by atoms with Crippen LogP contribution in [-0.4, -0.2) is 30.3 Å². The molecule has 1 heterocycles. The first-order valence-electron chi connectivity index (χ1n) is 5.08. The van der Waals surface area contributed by atoms with Crippen LogP contribution < -0.4 is 0 Å². The van der Waals surface area contributed by atoms with Gasteiger partial charge in [0.2, 0.25) is 0 Å². The van der Waals surface area contributed by atoms with Crippen molar-refractivity contribution < 1.29 is 4.79 Å². The van der Waals surface area contributed by atoms with E-state index in [1.165, 1.54) is 25.7 Å². The van der Waals surface area contributed by atoms with Gasteiger partial charge in [0.15, 0.2) is 0 Å². The Morgan fingerprint density at radius 3 is 3.00 bits per heavy atom. The minimum Gasteiger partial charge on any atom is -0.302 e. The van der Waals surface area contributed by atoms with Gasteiger partial charge in [-0.3, -0.25) is 4.90 Å². The monoisotopic (exact) mass is 169 g/mol. The zero-order chi connectivity index (χ0) is 8.81. The Balaban J connectivity index is 2.17. The smallest absolute Gasteiger partial charge is 0.137 e. The molecule has 0 bridgehead atoms. The van der Waals surface area contributed by atoms with E-state index in [1.807, 2.05) is 0 Å². The van der Waals surface area contributed by atoms with E-state index in [1.54, 1.807) is 0 Å². The maximum absolute atomic E-state index is 10.6. The van der Waals surface area contributed by atoms with Gasteiger partial charge in [-0.15, -0.1) is 0 Å². The molecule has 1 rings (SSSR count). The molecule has 1 aliphatic rings. The van der Waals surface area contributed by atoms with E-state index in [2.05, 4.69) is 11.8 Å². The maximum Gasteiger partial charge on any atom is 0.137 e. The molecule has 2 nitrogen and oxygen atoms in total. The van der Waals surface area contributed by atoms with Crippen LogP contribution in [0, 0.1) is 0 Å². The molecule has 70 valence electrons. The normalized spacial score (nSPS) is 24.6. The third kappa shape index (κ3) is 2.59. The standard InChI is InChI=1S/C10H19NO/c1-2-3-4-7-11-8-5-6-10(11)9-12/h9-10H,2-8H2,1H3. The van der Waals surface area contributed by atoms with Gasteiger partial charge in [0.25, 0.3) is 0 Å². The molecule has 1 atom stereocenters. The minimum absolute atomic E-state index is 0.238. The number of aldehydes is 1. The average Bonchev–Trinajstić information content (AvgIpc) is 2.52. The maximum atomic E-state index is 10.6. The van der Waals surface area contributed by atoms with Crippen LogP contribution >= 0.6 is 0 Å². The minimum atomic E-state index is 0.238. The van der Waals surface area contributed by atoms with Gasteiger partial charge >= 0.3 is 0 Å². The van der Waals surface area contributed by atoms with E-state index in [9.17, 15) is 4.79 Å². The quantitative estimate of drug-likeness (QED) is 0.462. The van der Waals surface area contributed by atoms with Crippen LogP contribution in [0.1, 0.15) is 39.0 Å². The van der Waals surface area contributed by atoms with Crippen molar-refractivity contribution in [2.75, 3.05) is 13.1 Å². The molecule has 0 aromatic heterocycles. The molecule has 2 heteroatoms. The van der Waals surface area contributed by atoms with Crippen LogP contribution in [-0.2, 0) is 4.79 Å². The fourth-order valence-electron chi connectivity index (χ4n) is 1.85. The highest BCUT2D eigenvalue weighted by Gasteiger charge is 2.22. The van der Waals surface area contributed by atoms with Crippen LogP contribution in [0.4, 0.5) is 0 Å². The summed E-state index contributed by atoms with van der Waals surface area (Å²) in [6, 6.07) is 0.238. The summed E-state index contributed by atoms with van der Waals surface area (Å²) in [5, 5.41) is 0. The van der Waals surface area contributed by atoms with Gasteiger partial charge in [0.1, 0.15) is 6.29 Å². The average molecular weight is 169 g/mol. The zero-order valence-corrected chi connectivity index (χ0v) is 7.96. The first-order chi connectivity index (χ1) is 5.88. The summed E-state index contributed by atoms with van der Waals surface area (Å²) in [5.41, 5.74) is 0. The third-order valence-corrected chi connectivity index (χ3v) is 2.62. The predicted octanol–water partition coefficient (Wildman–Crippen LogP) is 1.84. The summed E-state index contributed by atoms with van der Waals surface area (Å²) in [6.07, 6.45) is 7.20. The summed E-state index contributed by atoms with van der Waals surface area (Å²) in [5.74, 6) is 0. The van der Waals surface area contributed by atoms with Crippen LogP contribution in [0.5, 0.6) is 0 Å². The highest BCUT2D eigenvalue weighted by Crippen LogP contribution is 2.15. The molecular weight excluding hydrogens is 150 g/mol. The Bertz CT molecular complexity index is 136. The molecule has 0 amide bonds. The van der Waals surface area contributed by atoms with Gasteiger partial charge in [-0.1, -0.05) is 19.8 Å². The molecule has 0 aliphatic carbocycles. The molecular formula is C10H19NO. The number of carbonyl (C=O) groups excluding carboxylic acids is 1. The molecule has 1 saturated heterocycles. The molecule has 0 aromatic rings. The van der Waals surface area contributed by atoms with E-state index in [-0.39, 0.29) is 6.04 Å². The Morgan fingerprint density at radius 2 is 2.33 bits per heavy atom. The van der Waals surface area contributed by atoms with Crippen molar-refractivity contribution >= 4 is 6.29 Å². The van der Waals surface area contributed by atoms with E-state index >= 15 is 0 Å². The lowest BCUT2D eigenvalue weighted by molar-refractivity contribution is -0.111. The highest BCUT2D eigenvalue weighted by atomic mass is 16.1. The van der Waals surface area contributed by atoms with E-state index < -0.39 is 0 Å². The Hall–Kier alpha value is -0.370. The summed E-state index contributed by atoms with van der Waals surface area (Å²) in [4.78, 5) is 12.9. The largest absolute Gasteiger partial charge is 0.302 e. The Morgan fingerprint density at radius 1 is 1.50 bits per heavy atom. The van der Waals surface area contributed by atoms with Gasteiger partial charge in [-0.05, 0) is 32.4 Å². The molecule has 12 heavy (non-hydrogen) atoms. The first-order valence-corrected chi connectivity index (χ1v) is 5.08. The molecule has 1 unspecified atom stereocenters. The highest BCUT2D eigenvalue weighted by molar-refractivity contribution is 5.58. The molecule has 0 aromatic carbocycles. The van der Waals surface area contributed by atoms with Crippen molar-refractivity contribution in [3.63, 3.8) is 0 Å². The molecule has 1 aliphatic heterocycles. The van der Waals surface area contributed by atoms with Crippen LogP contribution in [0.15, 0.2) is 0 Å². The predicted molar refractivity (Wildman–Crippen MR) is 50.2 cm³/mol. The van der Waals surface area contributed by atoms with Crippen molar-refractivity contribution in [1.29, 1.82) is 0 Å². The number of rotatable bonds is 5. The topological polar surface area (TPSA) is 20.3 Å². The van der Waals surface area contributed by atoms with E-state index in [4.69, 9.17) is 0 Å². The van der Waals surface area contributed by atoms with Gasteiger partial charge in [0.05, 0.1) is 6.04 Å². The fourth-order valence-corrected chi connectivity index (χ4v) is 1.85. The number of carbonyl (C=O) groups is 1. The van der Waals surface area contributed by atoms with Gasteiger partial charge in [-0.2, -0.15) is 0 Å². The zero-order valence-electron chi connectivity index (χ0n) is 7.96. The summed E-state index contributed by atoms with van der Waals surface area (Å²) >= 11 is 0. The van der Waals surface area contributed by atoms with Crippen LogP contribution in [0.25, 0.3) is 0 Å². The number of hydrogen-bond acceptors (Lipinski definition) is 2. The van der Waals surface area contributed by atoms with Crippen LogP contribution in [0.2, 0.25) is 0 Å². The molecule has 0 saturated carbocycles. The van der Waals surface area contributed by atoms with Crippen molar-refractivity contribution in [3.8, 4) is 0 Å². The third-order valence-electron chi connectivity index (χ3n) is 2.62. The number of nitrogens with zero attached hydrogens (tertiary/aromatic N) is 1. The summed E-state index contributed by atoms with van der Waals surface area (Å²) in [7, 11) is 0. The lowest BCUT2D eigenvalue weighted by atomic mass is 10.2. The fraction of sp³-hybridized carbons (Fsp3) is 0.900. The van der Waals surface area contributed by atoms with Gasteiger partial charge in [0, 0.05) is 0 Å². The number of hydrogen-bond donors (Lipinski definition) is 0. The van der Waals surface area contributed by atoms with Crippen molar-refractivity contribution in [3.05, 3.63) is 0 Å². The van der Waals surface area contributed by atoms with Crippen molar-refractivity contribution in [2.24, 2.45) is 0 Å². The lowest BCUT2D eigenvalue weighted by Crippen LogP contribution is -2.31. The Labute approximate surface area is 74.9 Å². The second-order valence-corrected chi connectivity index (χ2v) is 3.59. The van der Waals surface area contributed by atoms with Gasteiger partial charge in [-0.25, -0.2) is 0 Å². The van der Waals surface area contributed by atoms with E-state index in [0.717, 1.165) is 25.8 Å². The Kier molecular flexibility index (Phi) is 4.30. The van der Waals surface area contributed by atoms with Crippen molar-refractivity contribution in [2.45, 2.75) is 45.1 Å². The molecule has 0 spiro atoms. The number of unbranched alkanes of at least 4 members (excludes halogenated alkanes) is 2. The van der Waals surface area contributed by atoms with Crippen LogP contribution in [0.3, 0.4) is 0 Å². The molecule has 0 N–H and O–H groups in total. The van der Waals surface area contributed by atoms with Gasteiger partial charge < -0.3 is 4.79 Å². The summed E-state index contributed by atoms with van der Waals surface area (Å²) < 4.78 is 0. The second kappa shape index (κ2) is 5.31. The number of likely N-dealkylation sites (tertiary alicyclic amines) is 1. The molecule has 0 radical (unpaired) electrons. The van der Waals surface area contributed by atoms with E-state index in [0.29, 0.717) is 0 Å². The first kappa shape index (κ1) is 9.72. The van der Waals surface area contributed by atoms with Crippen molar-refractivity contribution in [1.82, 2.24) is 4.90 Å².